The summed E-state index contributed by atoms with van der Waals surface area (Å²) in [7, 11) is 1.94. The maximum atomic E-state index is 12.7. The van der Waals surface area contributed by atoms with E-state index >= 15 is 0 Å². The molecule has 27 heavy (non-hydrogen) atoms. The van der Waals surface area contributed by atoms with Gasteiger partial charge in [0.1, 0.15) is 12.1 Å². The highest BCUT2D eigenvalue weighted by atomic mass is 19.4. The molecule has 0 saturated carbocycles. The lowest BCUT2D eigenvalue weighted by Crippen LogP contribution is -2.23. The Balaban J connectivity index is 1.76. The van der Waals surface area contributed by atoms with Crippen LogP contribution in [0.1, 0.15) is 35.7 Å². The molecule has 1 aromatic carbocycles. The van der Waals surface area contributed by atoms with Crippen LogP contribution >= 0.6 is 0 Å². The molecule has 0 radical (unpaired) electrons. The zero-order chi connectivity index (χ0) is 19.6. The first-order chi connectivity index (χ1) is 12.8. The van der Waals surface area contributed by atoms with Crippen molar-refractivity contribution in [3.63, 3.8) is 0 Å². The van der Waals surface area contributed by atoms with E-state index in [1.807, 2.05) is 20.0 Å². The van der Waals surface area contributed by atoms with Gasteiger partial charge in [-0.25, -0.2) is 15.0 Å². The van der Waals surface area contributed by atoms with E-state index in [-0.39, 0.29) is 6.04 Å². The highest BCUT2D eigenvalue weighted by Crippen LogP contribution is 2.31. The molecular weight excluding hydrogens is 357 g/mol. The average molecular weight is 376 g/mol. The molecular formula is C19H19F3N4O. The summed E-state index contributed by atoms with van der Waals surface area (Å²) < 4.78 is 43.8. The number of benzene rings is 1. The van der Waals surface area contributed by atoms with Crippen LogP contribution in [0.4, 0.5) is 13.2 Å². The average Bonchev–Trinajstić information content (AvgIpc) is 3.01. The van der Waals surface area contributed by atoms with Gasteiger partial charge in [-0.3, -0.25) is 4.90 Å². The molecule has 5 nitrogen and oxygen atoms in total. The van der Waals surface area contributed by atoms with Gasteiger partial charge in [-0.05, 0) is 51.2 Å². The third-order valence-electron chi connectivity index (χ3n) is 4.45. The molecule has 2 aromatic heterocycles. The fourth-order valence-electron chi connectivity index (χ4n) is 2.65. The largest absolute Gasteiger partial charge is 0.441 e. The predicted molar refractivity (Wildman–Crippen MR) is 93.6 cm³/mol. The van der Waals surface area contributed by atoms with Gasteiger partial charge in [-0.1, -0.05) is 0 Å². The fraction of sp³-hybridized carbons (Fsp3) is 0.316. The standard InChI is InChI=1S/C19H19F3N4O/c1-12(16-8-9-23-11-24-16)26(3)10-17-13(2)27-18(25-17)14-4-6-15(7-5-14)19(20,21)22/h4-9,11-12H,10H2,1-3H3. The number of oxazole rings is 1. The smallest absolute Gasteiger partial charge is 0.416 e. The minimum atomic E-state index is -4.37. The number of hydrogen-bond donors (Lipinski definition) is 0. The van der Waals surface area contributed by atoms with Gasteiger partial charge in [-0.15, -0.1) is 0 Å². The van der Waals surface area contributed by atoms with Gasteiger partial charge in [0.15, 0.2) is 0 Å². The second-order valence-electron chi connectivity index (χ2n) is 6.32. The van der Waals surface area contributed by atoms with E-state index in [1.165, 1.54) is 18.5 Å². The molecule has 142 valence electrons. The number of aryl methyl sites for hydroxylation is 1. The lowest BCUT2D eigenvalue weighted by Gasteiger charge is -2.23. The van der Waals surface area contributed by atoms with E-state index in [4.69, 9.17) is 4.42 Å². The Morgan fingerprint density at radius 1 is 1.15 bits per heavy atom. The molecule has 1 unspecified atom stereocenters. The molecule has 1 atom stereocenters. The number of alkyl halides is 3. The van der Waals surface area contributed by atoms with E-state index in [9.17, 15) is 13.2 Å². The normalized spacial score (nSPS) is 13.1. The van der Waals surface area contributed by atoms with Crippen LogP contribution in [0.3, 0.4) is 0 Å². The molecule has 0 bridgehead atoms. The first kappa shape index (κ1) is 19.0. The molecule has 0 spiro atoms. The van der Waals surface area contributed by atoms with Crippen molar-refractivity contribution in [3.05, 3.63) is 65.6 Å². The van der Waals surface area contributed by atoms with Gasteiger partial charge in [-0.2, -0.15) is 13.2 Å². The SMILES string of the molecule is Cc1oc(-c2ccc(C(F)(F)F)cc2)nc1CN(C)C(C)c1ccncn1. The lowest BCUT2D eigenvalue weighted by molar-refractivity contribution is -0.137. The van der Waals surface area contributed by atoms with E-state index in [0.29, 0.717) is 23.8 Å². The summed E-state index contributed by atoms with van der Waals surface area (Å²) >= 11 is 0. The van der Waals surface area contributed by atoms with Crippen LogP contribution in [0.5, 0.6) is 0 Å². The van der Waals surface area contributed by atoms with E-state index in [0.717, 1.165) is 23.5 Å². The van der Waals surface area contributed by atoms with Crippen molar-refractivity contribution in [3.8, 4) is 11.5 Å². The molecule has 0 aliphatic heterocycles. The minimum absolute atomic E-state index is 0.0404. The quantitative estimate of drug-likeness (QED) is 0.649. The van der Waals surface area contributed by atoms with Crippen LogP contribution in [0.15, 0.2) is 47.3 Å². The van der Waals surface area contributed by atoms with Crippen molar-refractivity contribution in [1.82, 2.24) is 19.9 Å². The van der Waals surface area contributed by atoms with Crippen molar-refractivity contribution in [2.45, 2.75) is 32.6 Å². The summed E-state index contributed by atoms with van der Waals surface area (Å²) in [6.07, 6.45) is -1.17. The Morgan fingerprint density at radius 3 is 2.44 bits per heavy atom. The molecule has 3 rings (SSSR count). The summed E-state index contributed by atoms with van der Waals surface area (Å²) in [6.45, 7) is 4.33. The Bertz CT molecular complexity index is 892. The molecule has 0 fully saturated rings. The number of halogens is 3. The van der Waals surface area contributed by atoms with Gasteiger partial charge in [0.2, 0.25) is 5.89 Å². The van der Waals surface area contributed by atoms with Gasteiger partial charge in [0.05, 0.1) is 17.0 Å². The van der Waals surface area contributed by atoms with Gasteiger partial charge in [0.25, 0.3) is 0 Å². The number of nitrogens with zero attached hydrogens (tertiary/aromatic N) is 4. The summed E-state index contributed by atoms with van der Waals surface area (Å²) in [6, 6.07) is 6.68. The fourth-order valence-corrected chi connectivity index (χ4v) is 2.65. The topological polar surface area (TPSA) is 55.1 Å². The van der Waals surface area contributed by atoms with Crippen LogP contribution in [-0.2, 0) is 12.7 Å². The van der Waals surface area contributed by atoms with Gasteiger partial charge >= 0.3 is 6.18 Å². The zero-order valence-electron chi connectivity index (χ0n) is 15.2. The minimum Gasteiger partial charge on any atom is -0.441 e. The monoisotopic (exact) mass is 376 g/mol. The van der Waals surface area contributed by atoms with Crippen LogP contribution in [-0.4, -0.2) is 26.9 Å². The Kier molecular flexibility index (Phi) is 5.27. The van der Waals surface area contributed by atoms with Crippen LogP contribution in [0.2, 0.25) is 0 Å². The number of aromatic nitrogens is 3. The molecule has 2 heterocycles. The first-order valence-corrected chi connectivity index (χ1v) is 8.36. The molecule has 0 N–H and O–H groups in total. The molecule has 0 aliphatic carbocycles. The van der Waals surface area contributed by atoms with E-state index in [2.05, 4.69) is 19.9 Å². The number of rotatable bonds is 5. The Hall–Kier alpha value is -2.74. The molecule has 8 heteroatoms. The van der Waals surface area contributed by atoms with Crippen molar-refractivity contribution in [1.29, 1.82) is 0 Å². The van der Waals surface area contributed by atoms with Crippen LogP contribution in [0.25, 0.3) is 11.5 Å². The zero-order valence-corrected chi connectivity index (χ0v) is 15.2. The van der Waals surface area contributed by atoms with Crippen molar-refractivity contribution < 1.29 is 17.6 Å². The third-order valence-corrected chi connectivity index (χ3v) is 4.45. The molecule has 0 amide bonds. The van der Waals surface area contributed by atoms with Gasteiger partial charge < -0.3 is 4.42 Å². The summed E-state index contributed by atoms with van der Waals surface area (Å²) in [4.78, 5) is 14.7. The van der Waals surface area contributed by atoms with Gasteiger partial charge in [0, 0.05) is 24.3 Å². The molecule has 0 saturated heterocycles. The Morgan fingerprint density at radius 2 is 1.85 bits per heavy atom. The van der Waals surface area contributed by atoms with Crippen LogP contribution < -0.4 is 0 Å². The van der Waals surface area contributed by atoms with Crippen molar-refractivity contribution >= 4 is 0 Å². The summed E-state index contributed by atoms with van der Waals surface area (Å²) in [5.41, 5.74) is 1.42. The Labute approximate surface area is 154 Å². The molecule has 3 aromatic rings. The summed E-state index contributed by atoms with van der Waals surface area (Å²) in [5, 5.41) is 0. The second-order valence-corrected chi connectivity index (χ2v) is 6.32. The maximum Gasteiger partial charge on any atom is 0.416 e. The predicted octanol–water partition coefficient (Wildman–Crippen LogP) is 4.65. The third kappa shape index (κ3) is 4.33. The van der Waals surface area contributed by atoms with Crippen LogP contribution in [0, 0.1) is 6.92 Å². The highest BCUT2D eigenvalue weighted by Gasteiger charge is 2.30. The van der Waals surface area contributed by atoms with E-state index in [1.54, 1.807) is 13.1 Å². The van der Waals surface area contributed by atoms with E-state index < -0.39 is 11.7 Å². The maximum absolute atomic E-state index is 12.7. The summed E-state index contributed by atoms with van der Waals surface area (Å²) in [5.74, 6) is 0.936. The second kappa shape index (κ2) is 7.48. The number of hydrogen-bond acceptors (Lipinski definition) is 5. The van der Waals surface area contributed by atoms with Crippen molar-refractivity contribution in [2.24, 2.45) is 0 Å². The molecule has 0 aliphatic rings. The highest BCUT2D eigenvalue weighted by molar-refractivity contribution is 5.54. The first-order valence-electron chi connectivity index (χ1n) is 8.36. The lowest BCUT2D eigenvalue weighted by atomic mass is 10.1. The van der Waals surface area contributed by atoms with Crippen molar-refractivity contribution in [2.75, 3.05) is 7.05 Å².